The summed E-state index contributed by atoms with van der Waals surface area (Å²) in [5.41, 5.74) is 6.49. The molecule has 0 spiro atoms. The first-order valence-electron chi connectivity index (χ1n) is 11.5. The lowest BCUT2D eigenvalue weighted by molar-refractivity contribution is 0.0452. The fourth-order valence-corrected chi connectivity index (χ4v) is 5.19. The van der Waals surface area contributed by atoms with Crippen LogP contribution in [0.15, 0.2) is 30.6 Å². The second kappa shape index (κ2) is 8.09. The maximum Gasteiger partial charge on any atom is 0.115 e. The molecular weight excluding hydrogens is 418 g/mol. The summed E-state index contributed by atoms with van der Waals surface area (Å²) >= 11 is 0. The number of aromatic nitrogens is 6. The molecule has 1 unspecified atom stereocenters. The number of benzene rings is 1. The third-order valence-corrected chi connectivity index (χ3v) is 6.82. The molecule has 1 atom stereocenters. The SMILES string of the molecule is COCN1CCn2c(C3CCOC3)nc(-c3ccc4c(c3)c(-c3cnn(C)c3)nn4C)c2C1. The summed E-state index contributed by atoms with van der Waals surface area (Å²) in [5, 5.41) is 10.3. The van der Waals surface area contributed by atoms with E-state index in [4.69, 9.17) is 19.6 Å². The molecule has 3 aromatic heterocycles. The predicted molar refractivity (Wildman–Crippen MR) is 125 cm³/mol. The molecule has 0 N–H and O–H groups in total. The maximum atomic E-state index is 5.70. The Balaban J connectivity index is 1.49. The minimum Gasteiger partial charge on any atom is -0.381 e. The van der Waals surface area contributed by atoms with E-state index >= 15 is 0 Å². The molecule has 9 nitrogen and oxygen atoms in total. The quantitative estimate of drug-likeness (QED) is 0.468. The van der Waals surface area contributed by atoms with Gasteiger partial charge in [-0.3, -0.25) is 14.3 Å². The van der Waals surface area contributed by atoms with E-state index in [0.29, 0.717) is 12.6 Å². The van der Waals surface area contributed by atoms with Gasteiger partial charge in [0.2, 0.25) is 0 Å². The van der Waals surface area contributed by atoms with Crippen molar-refractivity contribution in [2.75, 3.05) is 33.6 Å². The first-order valence-corrected chi connectivity index (χ1v) is 11.5. The molecule has 0 aliphatic carbocycles. The topological polar surface area (TPSA) is 75.2 Å². The Labute approximate surface area is 192 Å². The van der Waals surface area contributed by atoms with Gasteiger partial charge in [-0.2, -0.15) is 10.2 Å². The highest BCUT2D eigenvalue weighted by atomic mass is 16.5. The first-order chi connectivity index (χ1) is 16.1. The number of nitrogens with zero attached hydrogens (tertiary/aromatic N) is 7. The summed E-state index contributed by atoms with van der Waals surface area (Å²) in [5.74, 6) is 1.52. The van der Waals surface area contributed by atoms with E-state index in [-0.39, 0.29) is 0 Å². The highest BCUT2D eigenvalue weighted by Gasteiger charge is 2.30. The second-order valence-electron chi connectivity index (χ2n) is 9.05. The van der Waals surface area contributed by atoms with Crippen LogP contribution < -0.4 is 0 Å². The molecule has 172 valence electrons. The van der Waals surface area contributed by atoms with Crippen molar-refractivity contribution in [2.24, 2.45) is 14.1 Å². The average molecular weight is 448 g/mol. The Bertz CT molecular complexity index is 1310. The van der Waals surface area contributed by atoms with Crippen LogP contribution >= 0.6 is 0 Å². The molecule has 2 aliphatic rings. The lowest BCUT2D eigenvalue weighted by atomic mass is 10.0. The third-order valence-electron chi connectivity index (χ3n) is 6.82. The number of imidazole rings is 1. The van der Waals surface area contributed by atoms with Crippen LogP contribution in [-0.2, 0) is 36.7 Å². The van der Waals surface area contributed by atoms with Gasteiger partial charge in [-0.25, -0.2) is 4.98 Å². The second-order valence-corrected chi connectivity index (χ2v) is 9.05. The first kappa shape index (κ1) is 20.6. The Morgan fingerprint density at radius 2 is 2.06 bits per heavy atom. The monoisotopic (exact) mass is 447 g/mol. The lowest BCUT2D eigenvalue weighted by Crippen LogP contribution is -2.35. The van der Waals surface area contributed by atoms with Gasteiger partial charge in [0, 0.05) is 76.1 Å². The van der Waals surface area contributed by atoms with Crippen molar-refractivity contribution in [3.63, 3.8) is 0 Å². The fourth-order valence-electron chi connectivity index (χ4n) is 5.19. The number of rotatable bonds is 5. The summed E-state index contributed by atoms with van der Waals surface area (Å²) in [6.07, 6.45) is 4.91. The molecule has 6 rings (SSSR count). The summed E-state index contributed by atoms with van der Waals surface area (Å²) in [7, 11) is 5.67. The van der Waals surface area contributed by atoms with Gasteiger partial charge in [-0.1, -0.05) is 6.07 Å². The van der Waals surface area contributed by atoms with Gasteiger partial charge in [-0.15, -0.1) is 0 Å². The van der Waals surface area contributed by atoms with E-state index in [1.807, 2.05) is 35.9 Å². The summed E-state index contributed by atoms with van der Waals surface area (Å²) < 4.78 is 17.3. The van der Waals surface area contributed by atoms with Crippen molar-refractivity contribution in [3.8, 4) is 22.5 Å². The van der Waals surface area contributed by atoms with E-state index in [9.17, 15) is 0 Å². The number of hydrogen-bond acceptors (Lipinski definition) is 6. The minimum atomic E-state index is 0.361. The van der Waals surface area contributed by atoms with Crippen LogP contribution in [0, 0.1) is 0 Å². The van der Waals surface area contributed by atoms with Crippen LogP contribution in [0.3, 0.4) is 0 Å². The molecule has 1 saturated heterocycles. The molecule has 33 heavy (non-hydrogen) atoms. The fraction of sp³-hybridized carbons (Fsp3) is 0.458. The van der Waals surface area contributed by atoms with Crippen molar-refractivity contribution in [3.05, 3.63) is 42.1 Å². The van der Waals surface area contributed by atoms with Gasteiger partial charge < -0.3 is 14.0 Å². The number of methoxy groups -OCH3 is 1. The highest BCUT2D eigenvalue weighted by Crippen LogP contribution is 2.36. The van der Waals surface area contributed by atoms with Crippen molar-refractivity contribution >= 4 is 10.9 Å². The molecular formula is C24H29N7O2. The lowest BCUT2D eigenvalue weighted by Gasteiger charge is -2.29. The smallest absolute Gasteiger partial charge is 0.115 e. The molecule has 9 heteroatoms. The molecule has 0 bridgehead atoms. The minimum absolute atomic E-state index is 0.361. The van der Waals surface area contributed by atoms with Gasteiger partial charge in [0.1, 0.15) is 11.5 Å². The van der Waals surface area contributed by atoms with Crippen LogP contribution in [-0.4, -0.2) is 67.6 Å². The number of aryl methyl sites for hydroxylation is 2. The van der Waals surface area contributed by atoms with E-state index in [1.54, 1.807) is 7.11 Å². The Morgan fingerprint density at radius 1 is 1.15 bits per heavy atom. The Morgan fingerprint density at radius 3 is 2.82 bits per heavy atom. The number of fused-ring (bicyclic) bond motifs is 2. The van der Waals surface area contributed by atoms with Gasteiger partial charge >= 0.3 is 0 Å². The van der Waals surface area contributed by atoms with Crippen molar-refractivity contribution < 1.29 is 9.47 Å². The van der Waals surface area contributed by atoms with Gasteiger partial charge in [0.05, 0.1) is 36.4 Å². The van der Waals surface area contributed by atoms with Crippen molar-refractivity contribution in [1.82, 2.24) is 34.0 Å². The number of ether oxygens (including phenoxy) is 2. The van der Waals surface area contributed by atoms with Crippen LogP contribution in [0.2, 0.25) is 0 Å². The molecule has 5 heterocycles. The van der Waals surface area contributed by atoms with Crippen molar-refractivity contribution in [2.45, 2.75) is 25.4 Å². The van der Waals surface area contributed by atoms with E-state index in [2.05, 4.69) is 32.8 Å². The molecule has 1 fully saturated rings. The van der Waals surface area contributed by atoms with Gasteiger partial charge in [-0.05, 0) is 18.6 Å². The summed E-state index contributed by atoms with van der Waals surface area (Å²) in [6.45, 7) is 4.90. The summed E-state index contributed by atoms with van der Waals surface area (Å²) in [6, 6.07) is 6.56. The maximum absolute atomic E-state index is 5.70. The average Bonchev–Trinajstić information content (AvgIpc) is 3.60. The zero-order valence-electron chi connectivity index (χ0n) is 19.4. The Kier molecular flexibility index (Phi) is 5.05. The van der Waals surface area contributed by atoms with E-state index < -0.39 is 0 Å². The number of hydrogen-bond donors (Lipinski definition) is 0. The predicted octanol–water partition coefficient (Wildman–Crippen LogP) is 2.76. The summed E-state index contributed by atoms with van der Waals surface area (Å²) in [4.78, 5) is 7.56. The molecule has 1 aromatic carbocycles. The van der Waals surface area contributed by atoms with Crippen molar-refractivity contribution in [1.29, 1.82) is 0 Å². The van der Waals surface area contributed by atoms with E-state index in [0.717, 1.165) is 78.5 Å². The van der Waals surface area contributed by atoms with Gasteiger partial charge in [0.25, 0.3) is 0 Å². The normalized spacial score (nSPS) is 18.9. The molecule has 0 saturated carbocycles. The molecule has 0 radical (unpaired) electrons. The third kappa shape index (κ3) is 3.47. The van der Waals surface area contributed by atoms with Gasteiger partial charge in [0.15, 0.2) is 0 Å². The standard InChI is InChI=1S/C24H29N7O2/c1-28-12-18(11-25-28)22-19-10-16(4-5-20(19)29(2)27-22)23-21-13-30(15-32-3)7-8-31(21)24(26-23)17-6-9-33-14-17/h4-5,10-12,17H,6-9,13-15H2,1-3H3. The molecule has 4 aromatic rings. The van der Waals surface area contributed by atoms with Crippen LogP contribution in [0.25, 0.3) is 33.4 Å². The van der Waals surface area contributed by atoms with Crippen LogP contribution in [0.4, 0.5) is 0 Å². The Hall–Kier alpha value is -3.01. The highest BCUT2D eigenvalue weighted by molar-refractivity contribution is 5.95. The molecule has 2 aliphatic heterocycles. The van der Waals surface area contributed by atoms with E-state index in [1.165, 1.54) is 5.69 Å². The van der Waals surface area contributed by atoms with Crippen LogP contribution in [0.5, 0.6) is 0 Å². The molecule has 0 amide bonds. The largest absolute Gasteiger partial charge is 0.381 e. The zero-order chi connectivity index (χ0) is 22.5. The van der Waals surface area contributed by atoms with Crippen LogP contribution in [0.1, 0.15) is 23.9 Å². The zero-order valence-corrected chi connectivity index (χ0v) is 19.4.